The van der Waals surface area contributed by atoms with Gasteiger partial charge in [-0.3, -0.25) is 13.6 Å². The first-order chi connectivity index (χ1) is 15.3. The van der Waals surface area contributed by atoms with Gasteiger partial charge in [0.25, 0.3) is 0 Å². The molecule has 164 valence electrons. The highest BCUT2D eigenvalue weighted by atomic mass is 31.2. The van der Waals surface area contributed by atoms with Gasteiger partial charge in [0.15, 0.2) is 23.4 Å². The quantitative estimate of drug-likeness (QED) is 0.186. The van der Waals surface area contributed by atoms with Gasteiger partial charge in [0.1, 0.15) is 0 Å². The maximum Gasteiger partial charge on any atom is 0.541 e. The highest BCUT2D eigenvalue weighted by Crippen LogP contribution is 2.61. The van der Waals surface area contributed by atoms with E-state index in [-0.39, 0.29) is 0 Å². The second kappa shape index (κ2) is 13.0. The van der Waals surface area contributed by atoms with Crippen molar-refractivity contribution in [1.82, 2.24) is 0 Å². The van der Waals surface area contributed by atoms with E-state index in [4.69, 9.17) is 13.6 Å². The molecule has 0 aromatic heterocycles. The molecule has 3 nitrogen and oxygen atoms in total. The van der Waals surface area contributed by atoms with Gasteiger partial charge in [0, 0.05) is 0 Å². The zero-order chi connectivity index (χ0) is 21.6. The largest absolute Gasteiger partial charge is 0.541 e. The molecular formula is C27H34O3P+. The monoisotopic (exact) mass is 437 g/mol. The van der Waals surface area contributed by atoms with Crippen LogP contribution in [0, 0.1) is 0 Å². The Bertz CT molecular complexity index is 739. The van der Waals surface area contributed by atoms with Crippen molar-refractivity contribution < 1.29 is 13.6 Å². The van der Waals surface area contributed by atoms with Crippen molar-refractivity contribution in [2.75, 3.05) is 6.16 Å². The average Bonchev–Trinajstić information content (AvgIpc) is 2.80. The number of hydrogen-bond acceptors (Lipinski definition) is 3. The summed E-state index contributed by atoms with van der Waals surface area (Å²) in [6.07, 6.45) is 9.34. The van der Waals surface area contributed by atoms with E-state index in [1.165, 1.54) is 32.1 Å². The lowest BCUT2D eigenvalue weighted by atomic mass is 10.1. The van der Waals surface area contributed by atoms with Crippen LogP contribution in [-0.4, -0.2) is 6.16 Å². The molecule has 31 heavy (non-hydrogen) atoms. The topological polar surface area (TPSA) is 27.7 Å². The summed E-state index contributed by atoms with van der Waals surface area (Å²) >= 11 is 0. The van der Waals surface area contributed by atoms with Crippen LogP contribution in [0.4, 0.5) is 0 Å². The summed E-state index contributed by atoms with van der Waals surface area (Å²) in [5, 5.41) is 0. The van der Waals surface area contributed by atoms with E-state index in [9.17, 15) is 0 Å². The van der Waals surface area contributed by atoms with Crippen LogP contribution >= 0.6 is 7.94 Å². The third-order valence-corrected chi connectivity index (χ3v) is 7.33. The second-order valence-corrected chi connectivity index (χ2v) is 9.89. The Balaban J connectivity index is 1.78. The summed E-state index contributed by atoms with van der Waals surface area (Å²) in [6.45, 7) is 2.25. The fourth-order valence-corrected chi connectivity index (χ4v) is 5.71. The van der Waals surface area contributed by atoms with Crippen LogP contribution in [0.15, 0.2) is 91.0 Å². The molecule has 0 N–H and O–H groups in total. The van der Waals surface area contributed by atoms with Crippen LogP contribution in [0.1, 0.15) is 51.9 Å². The minimum Gasteiger partial charge on any atom is -0.272 e. The molecule has 3 aromatic rings. The molecule has 0 atom stereocenters. The van der Waals surface area contributed by atoms with E-state index >= 15 is 0 Å². The number of benzene rings is 3. The molecular weight excluding hydrogens is 403 g/mol. The smallest absolute Gasteiger partial charge is 0.272 e. The second-order valence-electron chi connectivity index (χ2n) is 7.67. The molecule has 0 spiro atoms. The van der Waals surface area contributed by atoms with Crippen molar-refractivity contribution in [3.05, 3.63) is 91.0 Å². The predicted octanol–water partition coefficient (Wildman–Crippen LogP) is 8.74. The van der Waals surface area contributed by atoms with Gasteiger partial charge >= 0.3 is 7.94 Å². The van der Waals surface area contributed by atoms with Crippen LogP contribution in [0.5, 0.6) is 17.2 Å². The fourth-order valence-electron chi connectivity index (χ4n) is 3.38. The minimum absolute atomic E-state index is 0.736. The molecule has 0 aliphatic carbocycles. The first-order valence-electron chi connectivity index (χ1n) is 11.4. The predicted molar refractivity (Wildman–Crippen MR) is 131 cm³/mol. The molecule has 0 aliphatic heterocycles. The van der Waals surface area contributed by atoms with E-state index in [0.717, 1.165) is 36.3 Å². The molecule has 0 unspecified atom stereocenters. The molecule has 0 saturated carbocycles. The lowest BCUT2D eigenvalue weighted by Crippen LogP contribution is -2.19. The van der Waals surface area contributed by atoms with Crippen LogP contribution in [0.3, 0.4) is 0 Å². The first-order valence-corrected chi connectivity index (χ1v) is 13.1. The maximum atomic E-state index is 6.52. The van der Waals surface area contributed by atoms with Crippen LogP contribution in [0.2, 0.25) is 0 Å². The van der Waals surface area contributed by atoms with Crippen LogP contribution in [0.25, 0.3) is 0 Å². The SMILES string of the molecule is CCCCCCCCC[P+](Oc1ccccc1)(Oc1ccccc1)Oc1ccccc1. The lowest BCUT2D eigenvalue weighted by molar-refractivity contribution is 0.351. The van der Waals surface area contributed by atoms with E-state index in [0.29, 0.717) is 0 Å². The summed E-state index contributed by atoms with van der Waals surface area (Å²) in [6, 6.07) is 29.6. The van der Waals surface area contributed by atoms with Crippen LogP contribution < -0.4 is 13.6 Å². The Hall–Kier alpha value is -2.51. The first kappa shape index (κ1) is 23.2. The summed E-state index contributed by atoms with van der Waals surface area (Å²) in [5.74, 6) is 2.31. The third kappa shape index (κ3) is 8.26. The van der Waals surface area contributed by atoms with E-state index in [1.54, 1.807) is 0 Å². The Morgan fingerprint density at radius 2 is 0.839 bits per heavy atom. The summed E-state index contributed by atoms with van der Waals surface area (Å²) in [4.78, 5) is 0. The highest BCUT2D eigenvalue weighted by Gasteiger charge is 2.49. The molecule has 0 heterocycles. The Morgan fingerprint density at radius 3 is 1.23 bits per heavy atom. The molecule has 0 bridgehead atoms. The van der Waals surface area contributed by atoms with Crippen molar-refractivity contribution in [3.63, 3.8) is 0 Å². The highest BCUT2D eigenvalue weighted by molar-refractivity contribution is 7.62. The van der Waals surface area contributed by atoms with Gasteiger partial charge in [-0.05, 0) is 49.2 Å². The van der Waals surface area contributed by atoms with E-state index < -0.39 is 7.94 Å². The normalized spacial score (nSPS) is 11.1. The standard InChI is InChI=1S/C27H34O3P/c1-2-3-4-5-6-7-17-24-31(28-25-18-11-8-12-19-25,29-26-20-13-9-14-21-26)30-27-22-15-10-16-23-27/h8-16,18-23H,2-7,17,24H2,1H3/q+1. The number of rotatable bonds is 14. The number of hydrogen-bond donors (Lipinski definition) is 0. The van der Waals surface area contributed by atoms with E-state index in [2.05, 4.69) is 6.92 Å². The molecule has 3 rings (SSSR count). The molecule has 4 heteroatoms. The third-order valence-electron chi connectivity index (χ3n) is 5.00. The Kier molecular flexibility index (Phi) is 9.73. The van der Waals surface area contributed by atoms with Gasteiger partial charge in [0.05, 0.1) is 0 Å². The van der Waals surface area contributed by atoms with Crippen molar-refractivity contribution >= 4 is 7.94 Å². The maximum absolute atomic E-state index is 6.52. The van der Waals surface area contributed by atoms with Crippen molar-refractivity contribution in [2.24, 2.45) is 0 Å². The molecule has 0 radical (unpaired) electrons. The van der Waals surface area contributed by atoms with E-state index in [1.807, 2.05) is 91.0 Å². The van der Waals surface area contributed by atoms with Gasteiger partial charge in [-0.25, -0.2) is 0 Å². The lowest BCUT2D eigenvalue weighted by Gasteiger charge is -2.23. The van der Waals surface area contributed by atoms with Gasteiger partial charge in [-0.15, -0.1) is 0 Å². The molecule has 0 amide bonds. The molecule has 0 saturated heterocycles. The summed E-state index contributed by atoms with van der Waals surface area (Å²) in [7, 11) is -2.72. The Labute approximate surface area is 188 Å². The minimum atomic E-state index is -2.72. The fraction of sp³-hybridized carbons (Fsp3) is 0.333. The molecule has 0 fully saturated rings. The van der Waals surface area contributed by atoms with Gasteiger partial charge in [-0.1, -0.05) is 93.6 Å². The molecule has 3 aromatic carbocycles. The van der Waals surface area contributed by atoms with Crippen LogP contribution in [-0.2, 0) is 0 Å². The van der Waals surface area contributed by atoms with Crippen molar-refractivity contribution in [2.45, 2.75) is 51.9 Å². The van der Waals surface area contributed by atoms with Gasteiger partial charge in [0.2, 0.25) is 0 Å². The Morgan fingerprint density at radius 1 is 0.484 bits per heavy atom. The van der Waals surface area contributed by atoms with Crippen molar-refractivity contribution in [3.8, 4) is 17.2 Å². The summed E-state index contributed by atoms with van der Waals surface area (Å²) < 4.78 is 19.6. The van der Waals surface area contributed by atoms with Gasteiger partial charge < -0.3 is 0 Å². The van der Waals surface area contributed by atoms with Gasteiger partial charge in [-0.2, -0.15) is 0 Å². The number of para-hydroxylation sites is 3. The molecule has 0 aliphatic rings. The summed E-state index contributed by atoms with van der Waals surface area (Å²) in [5.41, 5.74) is 0. The average molecular weight is 438 g/mol. The van der Waals surface area contributed by atoms with Crippen molar-refractivity contribution in [1.29, 1.82) is 0 Å². The number of unbranched alkanes of at least 4 members (excludes halogenated alkanes) is 6. The zero-order valence-corrected chi connectivity index (χ0v) is 19.4. The zero-order valence-electron chi connectivity index (χ0n) is 18.5.